The molecule has 0 spiro atoms. The van der Waals surface area contributed by atoms with Crippen molar-refractivity contribution in [2.45, 2.75) is 6.10 Å². The van der Waals surface area contributed by atoms with E-state index in [9.17, 15) is 4.79 Å². The second-order valence-corrected chi connectivity index (χ2v) is 5.53. The average molecular weight is 270 g/mol. The van der Waals surface area contributed by atoms with Crippen LogP contribution in [0.4, 0.5) is 0 Å². The van der Waals surface area contributed by atoms with E-state index < -0.39 is 0 Å². The molecule has 1 amide bonds. The lowest BCUT2D eigenvalue weighted by molar-refractivity contribution is -0.147. The molecule has 2 rings (SSSR count). The molecule has 0 radical (unpaired) electrons. The Bertz CT molecular complexity index is 284. The van der Waals surface area contributed by atoms with E-state index in [-0.39, 0.29) is 12.0 Å². The standard InChI is InChI=1S/C13H26N4O2/c1-15(2)4-5-16-6-8-17(9-7-16)13(18)12-11-14-3-10-19-12/h12,14H,3-11H2,1-2H3. The highest BCUT2D eigenvalue weighted by atomic mass is 16.5. The Balaban J connectivity index is 1.71. The number of nitrogens with one attached hydrogen (secondary N) is 1. The number of morpholine rings is 1. The molecule has 2 heterocycles. The van der Waals surface area contributed by atoms with Crippen LogP contribution in [0.2, 0.25) is 0 Å². The molecule has 1 atom stereocenters. The minimum absolute atomic E-state index is 0.152. The first kappa shape index (κ1) is 14.7. The van der Waals surface area contributed by atoms with Crippen LogP contribution in [0.3, 0.4) is 0 Å². The van der Waals surface area contributed by atoms with E-state index in [0.29, 0.717) is 13.2 Å². The lowest BCUT2D eigenvalue weighted by Gasteiger charge is -2.37. The van der Waals surface area contributed by atoms with E-state index in [1.807, 2.05) is 4.90 Å². The number of nitrogens with zero attached hydrogens (tertiary/aromatic N) is 3. The van der Waals surface area contributed by atoms with Gasteiger partial charge < -0.3 is 19.9 Å². The van der Waals surface area contributed by atoms with Crippen molar-refractivity contribution in [3.05, 3.63) is 0 Å². The molecule has 2 aliphatic rings. The zero-order valence-corrected chi connectivity index (χ0v) is 12.1. The number of hydrogen-bond acceptors (Lipinski definition) is 5. The predicted molar refractivity (Wildman–Crippen MR) is 74.2 cm³/mol. The summed E-state index contributed by atoms with van der Waals surface area (Å²) in [5.41, 5.74) is 0. The number of ether oxygens (including phenoxy) is 1. The van der Waals surface area contributed by atoms with Gasteiger partial charge in [-0.05, 0) is 14.1 Å². The van der Waals surface area contributed by atoms with Crippen LogP contribution in [0.25, 0.3) is 0 Å². The molecule has 1 N–H and O–H groups in total. The molecule has 0 aromatic carbocycles. The first-order valence-electron chi connectivity index (χ1n) is 7.15. The van der Waals surface area contributed by atoms with Gasteiger partial charge in [-0.15, -0.1) is 0 Å². The zero-order valence-electron chi connectivity index (χ0n) is 12.1. The van der Waals surface area contributed by atoms with Crippen molar-refractivity contribution in [2.75, 3.05) is 73.1 Å². The van der Waals surface area contributed by atoms with E-state index in [0.717, 1.165) is 45.8 Å². The summed E-state index contributed by atoms with van der Waals surface area (Å²) in [7, 11) is 4.18. The van der Waals surface area contributed by atoms with Gasteiger partial charge in [0, 0.05) is 52.4 Å². The maximum Gasteiger partial charge on any atom is 0.253 e. The van der Waals surface area contributed by atoms with Crippen molar-refractivity contribution in [2.24, 2.45) is 0 Å². The topological polar surface area (TPSA) is 48.0 Å². The first-order chi connectivity index (χ1) is 9.16. The minimum atomic E-state index is -0.276. The average Bonchev–Trinajstić information content (AvgIpc) is 2.46. The van der Waals surface area contributed by atoms with Gasteiger partial charge in [0.05, 0.1) is 6.61 Å². The number of hydrogen-bond donors (Lipinski definition) is 1. The van der Waals surface area contributed by atoms with Gasteiger partial charge in [0.1, 0.15) is 6.10 Å². The molecule has 0 bridgehead atoms. The largest absolute Gasteiger partial charge is 0.366 e. The van der Waals surface area contributed by atoms with E-state index in [1.165, 1.54) is 0 Å². The van der Waals surface area contributed by atoms with Crippen molar-refractivity contribution >= 4 is 5.91 Å². The van der Waals surface area contributed by atoms with Gasteiger partial charge in [-0.1, -0.05) is 0 Å². The summed E-state index contributed by atoms with van der Waals surface area (Å²) in [6, 6.07) is 0. The molecule has 0 saturated carbocycles. The van der Waals surface area contributed by atoms with Gasteiger partial charge in [-0.25, -0.2) is 0 Å². The normalized spacial score (nSPS) is 25.8. The Labute approximate surface area is 115 Å². The van der Waals surface area contributed by atoms with E-state index in [2.05, 4.69) is 29.2 Å². The van der Waals surface area contributed by atoms with Gasteiger partial charge in [0.2, 0.25) is 0 Å². The second kappa shape index (κ2) is 7.19. The molecule has 1 unspecified atom stereocenters. The van der Waals surface area contributed by atoms with Gasteiger partial charge >= 0.3 is 0 Å². The fourth-order valence-electron chi connectivity index (χ4n) is 2.46. The number of likely N-dealkylation sites (N-methyl/N-ethyl adjacent to an activating group) is 1. The molecule has 0 aromatic rings. The predicted octanol–water partition coefficient (Wildman–Crippen LogP) is -1.32. The highest BCUT2D eigenvalue weighted by molar-refractivity contribution is 5.81. The Morgan fingerprint density at radius 1 is 1.32 bits per heavy atom. The molecule has 6 heteroatoms. The SMILES string of the molecule is CN(C)CCN1CCN(C(=O)C2CNCCO2)CC1. The lowest BCUT2D eigenvalue weighted by atomic mass is 10.2. The maximum absolute atomic E-state index is 12.3. The van der Waals surface area contributed by atoms with Crippen LogP contribution >= 0.6 is 0 Å². The third-order valence-corrected chi connectivity index (χ3v) is 3.75. The summed E-state index contributed by atoms with van der Waals surface area (Å²) in [5, 5.41) is 3.21. The third kappa shape index (κ3) is 4.42. The summed E-state index contributed by atoms with van der Waals surface area (Å²) < 4.78 is 5.52. The van der Waals surface area contributed by atoms with Crippen LogP contribution in [0, 0.1) is 0 Å². The molecule has 2 fully saturated rings. The summed E-state index contributed by atoms with van der Waals surface area (Å²) in [6.45, 7) is 7.89. The number of carbonyl (C=O) groups excluding carboxylic acids is 1. The lowest BCUT2D eigenvalue weighted by Crippen LogP contribution is -2.55. The highest BCUT2D eigenvalue weighted by Crippen LogP contribution is 2.07. The van der Waals surface area contributed by atoms with Crippen molar-refractivity contribution < 1.29 is 9.53 Å². The van der Waals surface area contributed by atoms with Gasteiger partial charge in [-0.2, -0.15) is 0 Å². The van der Waals surface area contributed by atoms with E-state index >= 15 is 0 Å². The third-order valence-electron chi connectivity index (χ3n) is 3.75. The molecule has 2 saturated heterocycles. The molecule has 19 heavy (non-hydrogen) atoms. The van der Waals surface area contributed by atoms with Crippen LogP contribution in [0.15, 0.2) is 0 Å². The van der Waals surface area contributed by atoms with Crippen LogP contribution < -0.4 is 5.32 Å². The molecular weight excluding hydrogens is 244 g/mol. The van der Waals surface area contributed by atoms with Gasteiger partial charge in [0.25, 0.3) is 5.91 Å². The smallest absolute Gasteiger partial charge is 0.253 e. The van der Waals surface area contributed by atoms with Crippen LogP contribution in [-0.2, 0) is 9.53 Å². The quantitative estimate of drug-likeness (QED) is 0.687. The van der Waals surface area contributed by atoms with Crippen molar-refractivity contribution in [3.63, 3.8) is 0 Å². The Morgan fingerprint density at radius 2 is 2.05 bits per heavy atom. The molecule has 0 aromatic heterocycles. The van der Waals surface area contributed by atoms with Crippen molar-refractivity contribution in [1.82, 2.24) is 20.0 Å². The Morgan fingerprint density at radius 3 is 2.63 bits per heavy atom. The number of rotatable bonds is 4. The molecule has 2 aliphatic heterocycles. The molecular formula is C13H26N4O2. The molecule has 0 aliphatic carbocycles. The van der Waals surface area contributed by atoms with Crippen LogP contribution in [-0.4, -0.2) is 99.8 Å². The summed E-state index contributed by atoms with van der Waals surface area (Å²) >= 11 is 0. The number of carbonyl (C=O) groups is 1. The van der Waals surface area contributed by atoms with Crippen LogP contribution in [0.1, 0.15) is 0 Å². The van der Waals surface area contributed by atoms with Crippen molar-refractivity contribution in [1.29, 1.82) is 0 Å². The summed E-state index contributed by atoms with van der Waals surface area (Å²) in [6.07, 6.45) is -0.276. The Hall–Kier alpha value is -0.690. The van der Waals surface area contributed by atoms with Crippen molar-refractivity contribution in [3.8, 4) is 0 Å². The van der Waals surface area contributed by atoms with E-state index in [4.69, 9.17) is 4.74 Å². The number of piperazine rings is 1. The second-order valence-electron chi connectivity index (χ2n) is 5.53. The summed E-state index contributed by atoms with van der Waals surface area (Å²) in [4.78, 5) is 18.8. The number of amides is 1. The zero-order chi connectivity index (χ0) is 13.7. The maximum atomic E-state index is 12.3. The highest BCUT2D eigenvalue weighted by Gasteiger charge is 2.29. The fraction of sp³-hybridized carbons (Fsp3) is 0.923. The van der Waals surface area contributed by atoms with Crippen LogP contribution in [0.5, 0.6) is 0 Å². The Kier molecular flexibility index (Phi) is 5.57. The fourth-order valence-corrected chi connectivity index (χ4v) is 2.46. The van der Waals surface area contributed by atoms with E-state index in [1.54, 1.807) is 0 Å². The summed E-state index contributed by atoms with van der Waals surface area (Å²) in [5.74, 6) is 0.152. The van der Waals surface area contributed by atoms with Gasteiger partial charge in [-0.3, -0.25) is 9.69 Å². The first-order valence-corrected chi connectivity index (χ1v) is 7.15. The van der Waals surface area contributed by atoms with Gasteiger partial charge in [0.15, 0.2) is 0 Å². The minimum Gasteiger partial charge on any atom is -0.366 e. The molecule has 110 valence electrons. The monoisotopic (exact) mass is 270 g/mol. The molecule has 6 nitrogen and oxygen atoms in total.